The van der Waals surface area contributed by atoms with Gasteiger partial charge in [0.2, 0.25) is 0 Å². The molecule has 25 heavy (non-hydrogen) atoms. The van der Waals surface area contributed by atoms with E-state index in [0.29, 0.717) is 5.56 Å². The Morgan fingerprint density at radius 3 is 2.32 bits per heavy atom. The van der Waals surface area contributed by atoms with Crippen LogP contribution < -0.4 is 0 Å². The molecule has 0 saturated heterocycles. The Morgan fingerprint density at radius 2 is 1.76 bits per heavy atom. The monoisotopic (exact) mass is 349 g/mol. The van der Waals surface area contributed by atoms with Crippen molar-refractivity contribution in [1.29, 1.82) is 0 Å². The highest BCUT2D eigenvalue weighted by molar-refractivity contribution is 6.05. The van der Waals surface area contributed by atoms with Crippen molar-refractivity contribution in [2.75, 3.05) is 0 Å². The van der Waals surface area contributed by atoms with Crippen LogP contribution in [0.25, 0.3) is 0 Å². The molecule has 3 rings (SSSR count). The van der Waals surface area contributed by atoms with Crippen LogP contribution in [0.3, 0.4) is 0 Å². The number of halogens is 3. The largest absolute Gasteiger partial charge is 0.438 e. The molecule has 1 aliphatic rings. The Hall–Kier alpha value is -2.74. The van der Waals surface area contributed by atoms with E-state index in [9.17, 15) is 23.1 Å². The van der Waals surface area contributed by atoms with Crippen molar-refractivity contribution >= 4 is 11.6 Å². The van der Waals surface area contributed by atoms with Crippen molar-refractivity contribution in [3.63, 3.8) is 0 Å². The van der Waals surface area contributed by atoms with E-state index in [1.165, 1.54) is 24.5 Å². The van der Waals surface area contributed by atoms with Crippen molar-refractivity contribution in [3.8, 4) is 0 Å². The third-order valence-electron chi connectivity index (χ3n) is 3.94. The van der Waals surface area contributed by atoms with Crippen LogP contribution in [-0.4, -0.2) is 38.6 Å². The number of amides is 1. The molecule has 2 aromatic rings. The van der Waals surface area contributed by atoms with E-state index in [1.54, 1.807) is 24.3 Å². The smallest absolute Gasteiger partial charge is 0.362 e. The number of alkyl halides is 3. The molecule has 1 aliphatic heterocycles. The zero-order valence-corrected chi connectivity index (χ0v) is 13.2. The summed E-state index contributed by atoms with van der Waals surface area (Å²) in [6.07, 6.45) is -3.34. The maximum Gasteiger partial charge on any atom is 0.438 e. The number of hydrazone groups is 1. The topological polar surface area (TPSA) is 65.8 Å². The van der Waals surface area contributed by atoms with Gasteiger partial charge in [0, 0.05) is 18.0 Å². The Labute approximate surface area is 141 Å². The minimum absolute atomic E-state index is 0.0118. The minimum Gasteiger partial charge on any atom is -0.362 e. The van der Waals surface area contributed by atoms with E-state index >= 15 is 0 Å². The number of aryl methyl sites for hydroxylation is 1. The van der Waals surface area contributed by atoms with Gasteiger partial charge < -0.3 is 5.11 Å². The van der Waals surface area contributed by atoms with Crippen molar-refractivity contribution < 1.29 is 23.1 Å². The molecule has 1 N–H and O–H groups in total. The van der Waals surface area contributed by atoms with Crippen LogP contribution in [0.4, 0.5) is 13.2 Å². The Bertz CT molecular complexity index is 819. The maximum atomic E-state index is 13.5. The molecule has 0 unspecified atom stereocenters. The lowest BCUT2D eigenvalue weighted by molar-refractivity contribution is -0.297. The zero-order chi connectivity index (χ0) is 18.2. The van der Waals surface area contributed by atoms with Crippen molar-refractivity contribution in [1.82, 2.24) is 9.99 Å². The summed E-state index contributed by atoms with van der Waals surface area (Å²) in [6.45, 7) is 1.84. The van der Waals surface area contributed by atoms with Gasteiger partial charge in [0.25, 0.3) is 11.6 Å². The third kappa shape index (κ3) is 3.00. The number of carbonyl (C=O) groups excluding carboxylic acids is 1. The van der Waals surface area contributed by atoms with Crippen LogP contribution in [0.2, 0.25) is 0 Å². The van der Waals surface area contributed by atoms with Crippen LogP contribution in [-0.2, 0) is 0 Å². The quantitative estimate of drug-likeness (QED) is 0.907. The van der Waals surface area contributed by atoms with Gasteiger partial charge in [-0.1, -0.05) is 29.8 Å². The molecule has 1 aromatic carbocycles. The molecule has 0 aliphatic carbocycles. The highest BCUT2D eigenvalue weighted by atomic mass is 19.4. The molecular weight excluding hydrogens is 335 g/mol. The predicted octanol–water partition coefficient (Wildman–Crippen LogP) is 2.89. The summed E-state index contributed by atoms with van der Waals surface area (Å²) in [5, 5.41) is 14.2. The van der Waals surface area contributed by atoms with Crippen LogP contribution in [0.5, 0.6) is 0 Å². The molecule has 1 amide bonds. The fourth-order valence-electron chi connectivity index (χ4n) is 2.50. The molecule has 0 saturated carbocycles. The molecule has 5 nitrogen and oxygen atoms in total. The number of hydrogen-bond acceptors (Lipinski definition) is 4. The number of carbonyl (C=O) groups is 1. The molecular formula is C17H14F3N3O2. The Balaban J connectivity index is 2.04. The first kappa shape index (κ1) is 17.1. The van der Waals surface area contributed by atoms with Crippen LogP contribution >= 0.6 is 0 Å². The number of benzene rings is 1. The molecule has 1 atom stereocenters. The molecule has 0 spiro atoms. The van der Waals surface area contributed by atoms with Crippen molar-refractivity contribution in [2.24, 2.45) is 5.10 Å². The lowest BCUT2D eigenvalue weighted by atomic mass is 10.00. The van der Waals surface area contributed by atoms with Gasteiger partial charge in [-0.25, -0.2) is 0 Å². The molecule has 0 fully saturated rings. The van der Waals surface area contributed by atoms with Crippen LogP contribution in [0, 0.1) is 6.92 Å². The summed E-state index contributed by atoms with van der Waals surface area (Å²) in [5.41, 5.74) is -2.11. The molecule has 0 radical (unpaired) electrons. The number of pyridine rings is 1. The summed E-state index contributed by atoms with van der Waals surface area (Å²) < 4.78 is 40.5. The second kappa shape index (κ2) is 5.96. The second-order valence-electron chi connectivity index (χ2n) is 5.76. The van der Waals surface area contributed by atoms with Gasteiger partial charge in [-0.2, -0.15) is 23.3 Å². The van der Waals surface area contributed by atoms with Gasteiger partial charge in [-0.05, 0) is 24.6 Å². The zero-order valence-electron chi connectivity index (χ0n) is 13.2. The van der Waals surface area contributed by atoms with Crippen molar-refractivity contribution in [3.05, 3.63) is 65.5 Å². The number of aromatic nitrogens is 1. The van der Waals surface area contributed by atoms with Gasteiger partial charge in [-0.3, -0.25) is 9.78 Å². The highest BCUT2D eigenvalue weighted by Gasteiger charge is 2.63. The first-order chi connectivity index (χ1) is 11.7. The maximum absolute atomic E-state index is 13.5. The molecule has 0 bridgehead atoms. The van der Waals surface area contributed by atoms with E-state index in [0.717, 1.165) is 5.56 Å². The third-order valence-corrected chi connectivity index (χ3v) is 3.94. The Kier molecular flexibility index (Phi) is 4.08. The van der Waals surface area contributed by atoms with E-state index < -0.39 is 24.2 Å². The SMILES string of the molecule is Cc1ccc(C2=NN(C(=O)c3ccncc3)[C@](O)(C(F)(F)F)C2)cc1. The minimum atomic E-state index is -5.06. The van der Waals surface area contributed by atoms with Crippen molar-refractivity contribution in [2.45, 2.75) is 25.2 Å². The lowest BCUT2D eigenvalue weighted by Gasteiger charge is -2.32. The lowest BCUT2D eigenvalue weighted by Crippen LogP contribution is -2.56. The number of nitrogens with zero attached hydrogens (tertiary/aromatic N) is 3. The summed E-state index contributed by atoms with van der Waals surface area (Å²) in [4.78, 5) is 16.2. The molecule has 2 heterocycles. The van der Waals surface area contributed by atoms with E-state index in [1.807, 2.05) is 6.92 Å². The Morgan fingerprint density at radius 1 is 1.16 bits per heavy atom. The predicted molar refractivity (Wildman–Crippen MR) is 83.7 cm³/mol. The normalized spacial score (nSPS) is 20.5. The molecule has 8 heteroatoms. The summed E-state index contributed by atoms with van der Waals surface area (Å²) in [5.74, 6) is -1.05. The average Bonchev–Trinajstić information content (AvgIpc) is 2.94. The first-order valence-corrected chi connectivity index (χ1v) is 7.40. The van der Waals surface area contributed by atoms with Gasteiger partial charge in [0.15, 0.2) is 0 Å². The van der Waals surface area contributed by atoms with E-state index in [2.05, 4.69) is 10.1 Å². The van der Waals surface area contributed by atoms with Gasteiger partial charge in [-0.15, -0.1) is 0 Å². The summed E-state index contributed by atoms with van der Waals surface area (Å²) in [6, 6.07) is 9.17. The highest BCUT2D eigenvalue weighted by Crippen LogP contribution is 2.41. The average molecular weight is 349 g/mol. The second-order valence-corrected chi connectivity index (χ2v) is 5.76. The van der Waals surface area contributed by atoms with Crippen LogP contribution in [0.15, 0.2) is 53.9 Å². The van der Waals surface area contributed by atoms with Gasteiger partial charge in [0.05, 0.1) is 12.1 Å². The first-order valence-electron chi connectivity index (χ1n) is 7.40. The summed E-state index contributed by atoms with van der Waals surface area (Å²) in [7, 11) is 0. The van der Waals surface area contributed by atoms with E-state index in [4.69, 9.17) is 0 Å². The van der Waals surface area contributed by atoms with Crippen LogP contribution in [0.1, 0.15) is 27.9 Å². The molecule has 1 aromatic heterocycles. The van der Waals surface area contributed by atoms with Gasteiger partial charge >= 0.3 is 6.18 Å². The number of rotatable bonds is 2. The summed E-state index contributed by atoms with van der Waals surface area (Å²) >= 11 is 0. The fourth-order valence-corrected chi connectivity index (χ4v) is 2.50. The number of aliphatic hydroxyl groups is 1. The molecule has 130 valence electrons. The fraction of sp³-hybridized carbons (Fsp3) is 0.235. The van der Waals surface area contributed by atoms with E-state index in [-0.39, 0.29) is 16.3 Å². The van der Waals surface area contributed by atoms with Gasteiger partial charge in [0.1, 0.15) is 0 Å². The number of hydrogen-bond donors (Lipinski definition) is 1. The standard InChI is InChI=1S/C17H14F3N3O2/c1-11-2-4-12(5-3-11)14-10-16(25,17(18,19)20)23(22-14)15(24)13-6-8-21-9-7-13/h2-9,25H,10H2,1H3/t16-/m1/s1.